The molecule has 1 heterocycles. The molecule has 0 aromatic heterocycles. The fraction of sp³-hybridized carbons (Fsp3) is 0.875. The number of carboxylic acid groups (broad SMARTS) is 1. The third-order valence-electron chi connectivity index (χ3n) is 3.84. The van der Waals surface area contributed by atoms with E-state index >= 15 is 0 Å². The molecule has 128 valence electrons. The summed E-state index contributed by atoms with van der Waals surface area (Å²) < 4.78 is 5.22. The number of likely N-dealkylation sites (tertiary alicyclic amines) is 1. The van der Waals surface area contributed by atoms with Crippen molar-refractivity contribution in [1.29, 1.82) is 0 Å². The summed E-state index contributed by atoms with van der Waals surface area (Å²) in [5.41, 5.74) is -1.20. The number of ether oxygens (including phenoxy) is 1. The summed E-state index contributed by atoms with van der Waals surface area (Å²) in [5.74, 6) is -0.335. The summed E-state index contributed by atoms with van der Waals surface area (Å²) in [6.07, 6.45) is 1.55. The summed E-state index contributed by atoms with van der Waals surface area (Å²) in [7, 11) is 0. The van der Waals surface area contributed by atoms with Crippen molar-refractivity contribution in [3.05, 3.63) is 0 Å². The number of hydrogen-bond donors (Lipinski definition) is 2. The molecule has 1 rings (SSSR count). The largest absolute Gasteiger partial charge is 0.481 e. The van der Waals surface area contributed by atoms with Crippen LogP contribution < -0.4 is 5.32 Å². The highest BCUT2D eigenvalue weighted by Crippen LogP contribution is 2.22. The molecular formula is C16H30N2O4. The SMILES string of the molecule is CC(C)(C)OC(=O)NCC1CCN(CC(C)(C)C(=O)O)CC1. The molecular weight excluding hydrogens is 284 g/mol. The molecule has 0 unspecified atom stereocenters. The summed E-state index contributed by atoms with van der Waals surface area (Å²) in [6.45, 7) is 12.0. The summed E-state index contributed by atoms with van der Waals surface area (Å²) in [6, 6.07) is 0. The Morgan fingerprint density at radius 3 is 2.18 bits per heavy atom. The van der Waals surface area contributed by atoms with Gasteiger partial charge < -0.3 is 20.1 Å². The Morgan fingerprint density at radius 2 is 1.73 bits per heavy atom. The van der Waals surface area contributed by atoms with Gasteiger partial charge in [0.25, 0.3) is 0 Å². The van der Waals surface area contributed by atoms with Gasteiger partial charge in [0.1, 0.15) is 5.60 Å². The number of nitrogens with zero attached hydrogens (tertiary/aromatic N) is 1. The number of amides is 1. The van der Waals surface area contributed by atoms with Crippen molar-refractivity contribution < 1.29 is 19.4 Å². The second-order valence-corrected chi connectivity index (χ2v) is 7.79. The van der Waals surface area contributed by atoms with Gasteiger partial charge in [-0.05, 0) is 66.5 Å². The van der Waals surface area contributed by atoms with Crippen LogP contribution in [0.25, 0.3) is 0 Å². The van der Waals surface area contributed by atoms with Gasteiger partial charge in [-0.25, -0.2) is 4.79 Å². The second kappa shape index (κ2) is 7.31. The highest BCUT2D eigenvalue weighted by molar-refractivity contribution is 5.73. The molecule has 1 aliphatic heterocycles. The van der Waals surface area contributed by atoms with Crippen LogP contribution >= 0.6 is 0 Å². The van der Waals surface area contributed by atoms with Crippen LogP contribution in [0.3, 0.4) is 0 Å². The van der Waals surface area contributed by atoms with Crippen LogP contribution in [0, 0.1) is 11.3 Å². The van der Waals surface area contributed by atoms with Crippen molar-refractivity contribution in [1.82, 2.24) is 10.2 Å². The van der Waals surface area contributed by atoms with Gasteiger partial charge in [0.2, 0.25) is 0 Å². The molecule has 22 heavy (non-hydrogen) atoms. The molecule has 1 amide bonds. The number of alkyl carbamates (subject to hydrolysis) is 1. The summed E-state index contributed by atoms with van der Waals surface area (Å²) >= 11 is 0. The normalized spacial score (nSPS) is 18.0. The van der Waals surface area contributed by atoms with Crippen LogP contribution in [0.15, 0.2) is 0 Å². The van der Waals surface area contributed by atoms with Crippen LogP contribution in [0.4, 0.5) is 4.79 Å². The summed E-state index contributed by atoms with van der Waals surface area (Å²) in [5, 5.41) is 12.0. The number of carboxylic acids is 1. The minimum atomic E-state index is -0.763. The topological polar surface area (TPSA) is 78.9 Å². The van der Waals surface area contributed by atoms with Gasteiger partial charge in [-0.2, -0.15) is 0 Å². The van der Waals surface area contributed by atoms with E-state index < -0.39 is 17.0 Å². The van der Waals surface area contributed by atoms with Crippen molar-refractivity contribution >= 4 is 12.1 Å². The number of carbonyl (C=O) groups excluding carboxylic acids is 1. The van der Waals surface area contributed by atoms with Crippen LogP contribution in [0.5, 0.6) is 0 Å². The Labute approximate surface area is 133 Å². The number of piperidine rings is 1. The maximum Gasteiger partial charge on any atom is 0.407 e. The van der Waals surface area contributed by atoms with Gasteiger partial charge in [0.05, 0.1) is 5.41 Å². The van der Waals surface area contributed by atoms with E-state index in [2.05, 4.69) is 10.2 Å². The lowest BCUT2D eigenvalue weighted by atomic mass is 9.90. The predicted octanol–water partition coefficient (Wildman–Crippen LogP) is 2.33. The first-order valence-corrected chi connectivity index (χ1v) is 7.92. The Kier molecular flexibility index (Phi) is 6.23. The average Bonchev–Trinajstić information content (AvgIpc) is 2.35. The molecule has 6 nitrogen and oxygen atoms in total. The summed E-state index contributed by atoms with van der Waals surface area (Å²) in [4.78, 5) is 25.0. The van der Waals surface area contributed by atoms with Crippen molar-refractivity contribution in [2.75, 3.05) is 26.2 Å². The second-order valence-electron chi connectivity index (χ2n) is 7.79. The van der Waals surface area contributed by atoms with E-state index in [4.69, 9.17) is 4.74 Å². The predicted molar refractivity (Wildman–Crippen MR) is 84.8 cm³/mol. The van der Waals surface area contributed by atoms with Crippen LogP contribution in [-0.4, -0.2) is 53.8 Å². The number of aliphatic carboxylic acids is 1. The molecule has 0 radical (unpaired) electrons. The zero-order valence-corrected chi connectivity index (χ0v) is 14.4. The number of carbonyl (C=O) groups is 2. The first-order chi connectivity index (χ1) is 9.99. The van der Waals surface area contributed by atoms with Crippen molar-refractivity contribution in [2.24, 2.45) is 11.3 Å². The van der Waals surface area contributed by atoms with Gasteiger partial charge in [-0.1, -0.05) is 0 Å². The Hall–Kier alpha value is -1.30. The zero-order chi connectivity index (χ0) is 17.0. The Balaban J connectivity index is 2.28. The highest BCUT2D eigenvalue weighted by Gasteiger charge is 2.31. The van der Waals surface area contributed by atoms with Crippen molar-refractivity contribution in [2.45, 2.75) is 53.1 Å². The van der Waals surface area contributed by atoms with Gasteiger partial charge in [0, 0.05) is 13.1 Å². The van der Waals surface area contributed by atoms with E-state index in [1.54, 1.807) is 13.8 Å². The zero-order valence-electron chi connectivity index (χ0n) is 14.4. The maximum atomic E-state index is 11.6. The fourth-order valence-corrected chi connectivity index (χ4v) is 2.52. The first kappa shape index (κ1) is 18.7. The number of hydrogen-bond acceptors (Lipinski definition) is 4. The highest BCUT2D eigenvalue weighted by atomic mass is 16.6. The number of nitrogens with one attached hydrogen (secondary N) is 1. The minimum Gasteiger partial charge on any atom is -0.481 e. The van der Waals surface area contributed by atoms with E-state index in [9.17, 15) is 14.7 Å². The van der Waals surface area contributed by atoms with Crippen molar-refractivity contribution in [3.63, 3.8) is 0 Å². The molecule has 0 spiro atoms. The van der Waals surface area contributed by atoms with E-state index in [1.807, 2.05) is 20.8 Å². The van der Waals surface area contributed by atoms with E-state index in [1.165, 1.54) is 0 Å². The first-order valence-electron chi connectivity index (χ1n) is 7.92. The molecule has 0 atom stereocenters. The third-order valence-corrected chi connectivity index (χ3v) is 3.84. The Bertz CT molecular complexity index is 393. The fourth-order valence-electron chi connectivity index (χ4n) is 2.52. The molecule has 1 aliphatic rings. The molecule has 2 N–H and O–H groups in total. The molecule has 1 saturated heterocycles. The van der Waals surface area contributed by atoms with Gasteiger partial charge in [-0.15, -0.1) is 0 Å². The van der Waals surface area contributed by atoms with E-state index in [-0.39, 0.29) is 6.09 Å². The van der Waals surface area contributed by atoms with Gasteiger partial charge in [-0.3, -0.25) is 4.79 Å². The molecule has 0 aromatic carbocycles. The quantitative estimate of drug-likeness (QED) is 0.814. The molecule has 0 saturated carbocycles. The van der Waals surface area contributed by atoms with Crippen LogP contribution in [0.2, 0.25) is 0 Å². The molecule has 6 heteroatoms. The average molecular weight is 314 g/mol. The Morgan fingerprint density at radius 1 is 1.18 bits per heavy atom. The smallest absolute Gasteiger partial charge is 0.407 e. The molecule has 0 aromatic rings. The molecule has 0 bridgehead atoms. The standard InChI is InChI=1S/C16H30N2O4/c1-15(2,3)22-14(21)17-10-12-6-8-18(9-7-12)11-16(4,5)13(19)20/h12H,6-11H2,1-5H3,(H,17,21)(H,19,20). The minimum absolute atomic E-state index is 0.373. The lowest BCUT2D eigenvalue weighted by Crippen LogP contribution is -2.45. The van der Waals surface area contributed by atoms with Crippen LogP contribution in [0.1, 0.15) is 47.5 Å². The lowest BCUT2D eigenvalue weighted by molar-refractivity contribution is -0.148. The lowest BCUT2D eigenvalue weighted by Gasteiger charge is -2.35. The third kappa shape index (κ3) is 6.64. The number of rotatable bonds is 5. The van der Waals surface area contributed by atoms with Gasteiger partial charge in [0.15, 0.2) is 0 Å². The molecule has 0 aliphatic carbocycles. The van der Waals surface area contributed by atoms with Gasteiger partial charge >= 0.3 is 12.1 Å². The molecule has 1 fully saturated rings. The van der Waals surface area contributed by atoms with E-state index in [0.29, 0.717) is 19.0 Å². The van der Waals surface area contributed by atoms with Crippen LogP contribution in [-0.2, 0) is 9.53 Å². The van der Waals surface area contributed by atoms with Crippen molar-refractivity contribution in [3.8, 4) is 0 Å². The maximum absolute atomic E-state index is 11.6. The monoisotopic (exact) mass is 314 g/mol. The van der Waals surface area contributed by atoms with E-state index in [0.717, 1.165) is 25.9 Å².